The number of imidazole rings is 1. The Labute approximate surface area is 152 Å². The summed E-state index contributed by atoms with van der Waals surface area (Å²) in [6, 6.07) is 4.03. The van der Waals surface area contributed by atoms with E-state index < -0.39 is 0 Å². The van der Waals surface area contributed by atoms with E-state index >= 15 is 0 Å². The van der Waals surface area contributed by atoms with Gasteiger partial charge in [-0.15, -0.1) is 0 Å². The molecule has 3 aromatic heterocycles. The van der Waals surface area contributed by atoms with Crippen LogP contribution in [0.4, 0.5) is 0 Å². The maximum absolute atomic E-state index is 12.6. The molecule has 0 N–H and O–H groups in total. The van der Waals surface area contributed by atoms with E-state index in [1.54, 1.807) is 12.5 Å². The normalized spacial score (nSPS) is 16.2. The van der Waals surface area contributed by atoms with E-state index in [9.17, 15) is 4.79 Å². The third-order valence-electron chi connectivity index (χ3n) is 5.25. The van der Waals surface area contributed by atoms with Crippen LogP contribution in [0.15, 0.2) is 37.1 Å². The van der Waals surface area contributed by atoms with E-state index in [1.807, 2.05) is 37.0 Å². The van der Waals surface area contributed by atoms with Gasteiger partial charge in [-0.1, -0.05) is 0 Å². The molecular weight excluding hydrogens is 326 g/mol. The molecule has 0 amide bonds. The number of carbonyl (C=O) groups excluding carboxylic acids is 1. The molecule has 6 heteroatoms. The van der Waals surface area contributed by atoms with E-state index in [2.05, 4.69) is 25.9 Å². The molecule has 0 bridgehead atoms. The summed E-state index contributed by atoms with van der Waals surface area (Å²) in [6.45, 7) is 4.06. The zero-order valence-corrected chi connectivity index (χ0v) is 15.2. The van der Waals surface area contributed by atoms with Gasteiger partial charge in [0.1, 0.15) is 0 Å². The van der Waals surface area contributed by atoms with Crippen LogP contribution in [0.2, 0.25) is 0 Å². The standard InChI is InChI=1S/C20H23N5O/c1-14(25-5-3-4-6-25)20(26)9-17-8-15-7-16(10-23-18(15)11-22-17)19-12-21-13-24(19)2/h7-8,10-14H,3-6,9H2,1-2H3. The predicted molar refractivity (Wildman–Crippen MR) is 101 cm³/mol. The van der Waals surface area contributed by atoms with Crippen molar-refractivity contribution in [2.75, 3.05) is 13.1 Å². The number of likely N-dealkylation sites (tertiary alicyclic amines) is 1. The highest BCUT2D eigenvalue weighted by Crippen LogP contribution is 2.22. The molecular formula is C20H23N5O. The van der Waals surface area contributed by atoms with Gasteiger partial charge in [-0.2, -0.15) is 0 Å². The van der Waals surface area contributed by atoms with Crippen LogP contribution < -0.4 is 0 Å². The molecule has 1 aliphatic rings. The monoisotopic (exact) mass is 349 g/mol. The number of aromatic nitrogens is 4. The van der Waals surface area contributed by atoms with Gasteiger partial charge >= 0.3 is 0 Å². The summed E-state index contributed by atoms with van der Waals surface area (Å²) in [4.78, 5) is 28.0. The zero-order valence-electron chi connectivity index (χ0n) is 15.2. The van der Waals surface area contributed by atoms with Crippen LogP contribution in [0.5, 0.6) is 0 Å². The fourth-order valence-electron chi connectivity index (χ4n) is 3.61. The minimum Gasteiger partial charge on any atom is -0.334 e. The summed E-state index contributed by atoms with van der Waals surface area (Å²) in [7, 11) is 1.96. The van der Waals surface area contributed by atoms with Gasteiger partial charge in [-0.3, -0.25) is 19.7 Å². The van der Waals surface area contributed by atoms with Gasteiger partial charge in [-0.05, 0) is 45.0 Å². The maximum Gasteiger partial charge on any atom is 0.155 e. The van der Waals surface area contributed by atoms with Crippen molar-refractivity contribution in [3.63, 3.8) is 0 Å². The lowest BCUT2D eigenvalue weighted by atomic mass is 10.1. The lowest BCUT2D eigenvalue weighted by Gasteiger charge is -2.22. The summed E-state index contributed by atoms with van der Waals surface area (Å²) < 4.78 is 1.96. The van der Waals surface area contributed by atoms with Crippen LogP contribution in [0.1, 0.15) is 25.5 Å². The highest BCUT2D eigenvalue weighted by molar-refractivity contribution is 5.87. The Bertz CT molecular complexity index is 942. The summed E-state index contributed by atoms with van der Waals surface area (Å²) in [6.07, 6.45) is 9.93. The van der Waals surface area contributed by atoms with E-state index in [1.165, 1.54) is 12.8 Å². The van der Waals surface area contributed by atoms with E-state index in [4.69, 9.17) is 0 Å². The number of carbonyl (C=O) groups is 1. The zero-order chi connectivity index (χ0) is 18.1. The molecule has 3 aromatic rings. The number of Topliss-reactive ketones (excluding diaryl/α,β-unsaturated/α-hetero) is 1. The second kappa shape index (κ2) is 6.96. The fraction of sp³-hybridized carbons (Fsp3) is 0.400. The summed E-state index contributed by atoms with van der Waals surface area (Å²) in [5.74, 6) is 0.231. The Hall–Kier alpha value is -2.60. The van der Waals surface area contributed by atoms with Crippen molar-refractivity contribution in [3.05, 3.63) is 42.7 Å². The second-order valence-corrected chi connectivity index (χ2v) is 7.04. The average molecular weight is 349 g/mol. The van der Waals surface area contributed by atoms with Gasteiger partial charge in [0, 0.05) is 29.9 Å². The third kappa shape index (κ3) is 3.24. The summed E-state index contributed by atoms with van der Waals surface area (Å²) >= 11 is 0. The van der Waals surface area contributed by atoms with E-state index in [-0.39, 0.29) is 11.8 Å². The first-order valence-corrected chi connectivity index (χ1v) is 9.10. The molecule has 1 unspecified atom stereocenters. The Morgan fingerprint density at radius 1 is 1.15 bits per heavy atom. The highest BCUT2D eigenvalue weighted by atomic mass is 16.1. The predicted octanol–water partition coefficient (Wildman–Crippen LogP) is 2.63. The number of rotatable bonds is 5. The largest absolute Gasteiger partial charge is 0.334 e. The summed E-state index contributed by atoms with van der Waals surface area (Å²) in [5, 5.41) is 0.996. The molecule has 0 radical (unpaired) electrons. The number of ketones is 1. The summed E-state index contributed by atoms with van der Waals surface area (Å²) in [5.41, 5.74) is 3.65. The Morgan fingerprint density at radius 2 is 1.96 bits per heavy atom. The first kappa shape index (κ1) is 16.8. The van der Waals surface area contributed by atoms with Crippen LogP contribution in [-0.2, 0) is 18.3 Å². The van der Waals surface area contributed by atoms with Crippen LogP contribution >= 0.6 is 0 Å². The van der Waals surface area contributed by atoms with Gasteiger partial charge in [0.2, 0.25) is 0 Å². The third-order valence-corrected chi connectivity index (χ3v) is 5.25. The number of pyridine rings is 2. The molecule has 1 fully saturated rings. The van der Waals surface area contributed by atoms with Crippen molar-refractivity contribution >= 4 is 16.7 Å². The molecule has 26 heavy (non-hydrogen) atoms. The van der Waals surface area contributed by atoms with Crippen LogP contribution in [0.3, 0.4) is 0 Å². The molecule has 0 saturated carbocycles. The van der Waals surface area contributed by atoms with Crippen molar-refractivity contribution in [2.24, 2.45) is 7.05 Å². The molecule has 0 aromatic carbocycles. The Morgan fingerprint density at radius 3 is 2.69 bits per heavy atom. The minimum atomic E-state index is -0.0334. The SMILES string of the molecule is CC(C(=O)Cc1cc2cc(-c3cncn3C)cnc2cn1)N1CCCC1. The molecule has 1 saturated heterocycles. The maximum atomic E-state index is 12.6. The topological polar surface area (TPSA) is 63.9 Å². The van der Waals surface area contributed by atoms with Gasteiger partial charge in [0.05, 0.1) is 42.4 Å². The minimum absolute atomic E-state index is 0.0334. The smallest absolute Gasteiger partial charge is 0.155 e. The highest BCUT2D eigenvalue weighted by Gasteiger charge is 2.24. The molecule has 4 rings (SSSR count). The molecule has 1 atom stereocenters. The van der Waals surface area contributed by atoms with Gasteiger partial charge in [-0.25, -0.2) is 4.98 Å². The molecule has 4 heterocycles. The first-order chi connectivity index (χ1) is 12.6. The Balaban J connectivity index is 1.58. The Kier molecular flexibility index (Phi) is 4.51. The van der Waals surface area contributed by atoms with Gasteiger partial charge < -0.3 is 4.57 Å². The second-order valence-electron chi connectivity index (χ2n) is 7.04. The van der Waals surface area contributed by atoms with Crippen LogP contribution in [0.25, 0.3) is 22.2 Å². The van der Waals surface area contributed by atoms with Crippen molar-refractivity contribution in [3.8, 4) is 11.3 Å². The number of fused-ring (bicyclic) bond motifs is 1. The lowest BCUT2D eigenvalue weighted by molar-refractivity contribution is -0.122. The number of aryl methyl sites for hydroxylation is 1. The van der Waals surface area contributed by atoms with Crippen molar-refractivity contribution < 1.29 is 4.79 Å². The molecule has 0 aliphatic carbocycles. The quantitative estimate of drug-likeness (QED) is 0.708. The number of hydrogen-bond acceptors (Lipinski definition) is 5. The molecule has 6 nitrogen and oxygen atoms in total. The van der Waals surface area contributed by atoms with Crippen molar-refractivity contribution in [1.29, 1.82) is 0 Å². The van der Waals surface area contributed by atoms with Gasteiger partial charge in [0.15, 0.2) is 5.78 Å². The fourth-order valence-corrected chi connectivity index (χ4v) is 3.61. The van der Waals surface area contributed by atoms with Gasteiger partial charge in [0.25, 0.3) is 0 Å². The molecule has 1 aliphatic heterocycles. The lowest BCUT2D eigenvalue weighted by Crippen LogP contribution is -2.37. The van der Waals surface area contributed by atoms with Crippen molar-refractivity contribution in [2.45, 2.75) is 32.2 Å². The van der Waals surface area contributed by atoms with E-state index in [0.29, 0.717) is 6.42 Å². The van der Waals surface area contributed by atoms with Crippen LogP contribution in [-0.4, -0.2) is 49.3 Å². The van der Waals surface area contributed by atoms with Crippen LogP contribution in [0, 0.1) is 0 Å². The van der Waals surface area contributed by atoms with E-state index in [0.717, 1.165) is 40.9 Å². The molecule has 0 spiro atoms. The first-order valence-electron chi connectivity index (χ1n) is 9.10. The number of hydrogen-bond donors (Lipinski definition) is 0. The number of nitrogens with zero attached hydrogens (tertiary/aromatic N) is 5. The average Bonchev–Trinajstić information content (AvgIpc) is 3.32. The van der Waals surface area contributed by atoms with Crippen molar-refractivity contribution in [1.82, 2.24) is 24.4 Å². The molecule has 134 valence electrons.